The van der Waals surface area contributed by atoms with Crippen molar-refractivity contribution >= 4 is 23.8 Å². The SMILES string of the molecule is C=CC(=O)N1CCC[C@@H](n2nc(-c3ccc(Oc4ccccc4)cc3)c(C(=N)N)c2/N=C\CC)C1. The average molecular weight is 471 g/mol. The van der Waals surface area contributed by atoms with E-state index in [-0.39, 0.29) is 17.8 Å². The van der Waals surface area contributed by atoms with Crippen molar-refractivity contribution in [3.05, 3.63) is 72.8 Å². The second kappa shape index (κ2) is 10.8. The van der Waals surface area contributed by atoms with Gasteiger partial charge in [-0.1, -0.05) is 31.7 Å². The number of likely N-dealkylation sites (tertiary alicyclic amines) is 1. The Balaban J connectivity index is 1.72. The van der Waals surface area contributed by atoms with Crippen LogP contribution in [0.2, 0.25) is 0 Å². The van der Waals surface area contributed by atoms with Gasteiger partial charge in [0.15, 0.2) is 5.82 Å². The molecule has 1 fully saturated rings. The molecule has 1 aliphatic heterocycles. The van der Waals surface area contributed by atoms with Gasteiger partial charge in [0.05, 0.1) is 11.6 Å². The van der Waals surface area contributed by atoms with Crippen LogP contribution in [0.4, 0.5) is 5.82 Å². The van der Waals surface area contributed by atoms with Gasteiger partial charge in [-0.15, -0.1) is 0 Å². The molecule has 1 saturated heterocycles. The fraction of sp³-hybridized carbons (Fsp3) is 0.259. The molecule has 180 valence electrons. The molecule has 3 N–H and O–H groups in total. The molecule has 0 bridgehead atoms. The number of para-hydroxylation sites is 1. The van der Waals surface area contributed by atoms with Crippen LogP contribution in [-0.2, 0) is 4.79 Å². The Morgan fingerprint density at radius 1 is 1.23 bits per heavy atom. The molecule has 1 aliphatic rings. The normalized spacial score (nSPS) is 15.8. The largest absolute Gasteiger partial charge is 0.457 e. The zero-order chi connectivity index (χ0) is 24.8. The Hall–Kier alpha value is -4.20. The van der Waals surface area contributed by atoms with Gasteiger partial charge in [-0.3, -0.25) is 10.2 Å². The molecule has 2 aromatic carbocycles. The van der Waals surface area contributed by atoms with Crippen LogP contribution in [0.3, 0.4) is 0 Å². The van der Waals surface area contributed by atoms with Crippen molar-refractivity contribution < 1.29 is 9.53 Å². The minimum Gasteiger partial charge on any atom is -0.457 e. The van der Waals surface area contributed by atoms with Crippen LogP contribution in [0.15, 0.2) is 72.2 Å². The summed E-state index contributed by atoms with van der Waals surface area (Å²) in [5, 5.41) is 13.2. The summed E-state index contributed by atoms with van der Waals surface area (Å²) in [4.78, 5) is 18.7. The van der Waals surface area contributed by atoms with E-state index >= 15 is 0 Å². The molecule has 2 heterocycles. The van der Waals surface area contributed by atoms with Crippen molar-refractivity contribution in [1.82, 2.24) is 14.7 Å². The van der Waals surface area contributed by atoms with E-state index in [9.17, 15) is 4.79 Å². The number of nitrogens with zero attached hydrogens (tertiary/aromatic N) is 4. The van der Waals surface area contributed by atoms with Gasteiger partial charge in [0.2, 0.25) is 5.91 Å². The lowest BCUT2D eigenvalue weighted by molar-refractivity contribution is -0.127. The van der Waals surface area contributed by atoms with E-state index in [4.69, 9.17) is 21.0 Å². The van der Waals surface area contributed by atoms with E-state index < -0.39 is 0 Å². The van der Waals surface area contributed by atoms with Crippen molar-refractivity contribution in [2.24, 2.45) is 10.7 Å². The highest BCUT2D eigenvalue weighted by Crippen LogP contribution is 2.36. The van der Waals surface area contributed by atoms with Crippen LogP contribution in [0, 0.1) is 5.41 Å². The van der Waals surface area contributed by atoms with Crippen molar-refractivity contribution in [3.8, 4) is 22.8 Å². The average Bonchev–Trinajstić information content (AvgIpc) is 3.28. The summed E-state index contributed by atoms with van der Waals surface area (Å²) in [5.74, 6) is 1.78. The quantitative estimate of drug-likeness (QED) is 0.271. The molecule has 1 amide bonds. The maximum Gasteiger partial charge on any atom is 0.246 e. The molecule has 4 rings (SSSR count). The molecule has 3 aromatic rings. The first-order valence-electron chi connectivity index (χ1n) is 11.8. The molecule has 8 nitrogen and oxygen atoms in total. The third-order valence-corrected chi connectivity index (χ3v) is 5.89. The Morgan fingerprint density at radius 3 is 2.60 bits per heavy atom. The van der Waals surface area contributed by atoms with E-state index in [1.54, 1.807) is 11.1 Å². The number of carbonyl (C=O) groups is 1. The first-order chi connectivity index (χ1) is 17.0. The molecule has 8 heteroatoms. The number of nitrogens with two attached hydrogens (primary N) is 1. The minimum atomic E-state index is -0.103. The van der Waals surface area contributed by atoms with Crippen LogP contribution in [0.1, 0.15) is 37.8 Å². The highest BCUT2D eigenvalue weighted by molar-refractivity contribution is 6.05. The number of ether oxygens (including phenoxy) is 1. The van der Waals surface area contributed by atoms with E-state index in [1.807, 2.05) is 66.2 Å². The van der Waals surface area contributed by atoms with E-state index in [0.717, 1.165) is 30.6 Å². The number of hydrogen-bond acceptors (Lipinski definition) is 5. The monoisotopic (exact) mass is 470 g/mol. The number of amidine groups is 1. The van der Waals surface area contributed by atoms with Gasteiger partial charge in [0.25, 0.3) is 0 Å². The Labute approximate surface area is 205 Å². The first-order valence-corrected chi connectivity index (χ1v) is 11.8. The molecule has 0 radical (unpaired) electrons. The van der Waals surface area contributed by atoms with Crippen LogP contribution < -0.4 is 10.5 Å². The molecule has 0 saturated carbocycles. The Morgan fingerprint density at radius 2 is 1.94 bits per heavy atom. The number of nitrogen functional groups attached to an aromatic ring is 1. The summed E-state index contributed by atoms with van der Waals surface area (Å²) in [7, 11) is 0. The Kier molecular flexibility index (Phi) is 7.40. The van der Waals surface area contributed by atoms with Crippen LogP contribution in [0.5, 0.6) is 11.5 Å². The predicted octanol–water partition coefficient (Wildman–Crippen LogP) is 5.09. The highest BCUT2D eigenvalue weighted by atomic mass is 16.5. The smallest absolute Gasteiger partial charge is 0.246 e. The van der Waals surface area contributed by atoms with Crippen LogP contribution in [-0.4, -0.2) is 45.7 Å². The number of aromatic nitrogens is 2. The standard InChI is InChI=1S/C27H30N6O2/c1-3-16-30-27-24(26(28)29)25(31-33(27)20-9-8-17-32(18-20)23(34)4-2)19-12-14-22(15-13-19)35-21-10-6-5-7-11-21/h4-7,10-16,20H,2-3,8-9,17-18H2,1H3,(H3,28,29)/b30-16-/t20-/m1/s1. The minimum absolute atomic E-state index is 0.0795. The fourth-order valence-corrected chi connectivity index (χ4v) is 4.22. The van der Waals surface area contributed by atoms with E-state index in [0.29, 0.717) is 35.9 Å². The molecule has 0 unspecified atom stereocenters. The maximum atomic E-state index is 12.2. The molecular weight excluding hydrogens is 440 g/mol. The van der Waals surface area contributed by atoms with Crippen LogP contribution in [0.25, 0.3) is 11.3 Å². The number of amides is 1. The molecular formula is C27H30N6O2. The second-order valence-electron chi connectivity index (χ2n) is 8.35. The fourth-order valence-electron chi connectivity index (χ4n) is 4.22. The Bertz CT molecular complexity index is 1230. The third kappa shape index (κ3) is 5.32. The van der Waals surface area contributed by atoms with Gasteiger partial charge in [-0.25, -0.2) is 9.67 Å². The topological polar surface area (TPSA) is 110 Å². The lowest BCUT2D eigenvalue weighted by Gasteiger charge is -2.32. The van der Waals surface area contributed by atoms with Crippen LogP contribution >= 0.6 is 0 Å². The zero-order valence-electron chi connectivity index (χ0n) is 19.9. The molecule has 0 spiro atoms. The summed E-state index contributed by atoms with van der Waals surface area (Å²) < 4.78 is 7.74. The molecule has 1 aromatic heterocycles. The summed E-state index contributed by atoms with van der Waals surface area (Å²) in [6.07, 6.45) is 5.55. The number of carbonyl (C=O) groups excluding carboxylic acids is 1. The maximum absolute atomic E-state index is 12.2. The third-order valence-electron chi connectivity index (χ3n) is 5.89. The number of nitrogens with one attached hydrogen (secondary N) is 1. The van der Waals surface area contributed by atoms with Crippen molar-refractivity contribution in [2.45, 2.75) is 32.2 Å². The number of piperidine rings is 1. The lowest BCUT2D eigenvalue weighted by atomic mass is 10.0. The van der Waals surface area contributed by atoms with E-state index in [1.165, 1.54) is 6.08 Å². The molecule has 0 aliphatic carbocycles. The number of hydrogen-bond donors (Lipinski definition) is 2. The number of aliphatic imine (C=N–C) groups is 1. The number of benzene rings is 2. The summed E-state index contributed by atoms with van der Waals surface area (Å²) >= 11 is 0. The number of rotatable bonds is 8. The molecule has 1 atom stereocenters. The first kappa shape index (κ1) is 23.9. The van der Waals surface area contributed by atoms with Gasteiger partial charge in [0.1, 0.15) is 23.0 Å². The lowest BCUT2D eigenvalue weighted by Crippen LogP contribution is -2.40. The van der Waals surface area contributed by atoms with Gasteiger partial charge >= 0.3 is 0 Å². The van der Waals surface area contributed by atoms with Crippen molar-refractivity contribution in [3.63, 3.8) is 0 Å². The van der Waals surface area contributed by atoms with Gasteiger partial charge < -0.3 is 15.4 Å². The molecule has 35 heavy (non-hydrogen) atoms. The van der Waals surface area contributed by atoms with E-state index in [2.05, 4.69) is 11.6 Å². The van der Waals surface area contributed by atoms with Gasteiger partial charge in [-0.2, -0.15) is 5.10 Å². The van der Waals surface area contributed by atoms with Crippen molar-refractivity contribution in [1.29, 1.82) is 5.41 Å². The highest BCUT2D eigenvalue weighted by Gasteiger charge is 2.29. The summed E-state index contributed by atoms with van der Waals surface area (Å²) in [5.41, 5.74) is 7.92. The van der Waals surface area contributed by atoms with Crippen molar-refractivity contribution in [2.75, 3.05) is 13.1 Å². The zero-order valence-corrected chi connectivity index (χ0v) is 19.9. The summed E-state index contributed by atoms with van der Waals surface area (Å²) in [6.45, 7) is 6.80. The van der Waals surface area contributed by atoms with Gasteiger partial charge in [0, 0.05) is 24.9 Å². The second-order valence-corrected chi connectivity index (χ2v) is 8.35. The predicted molar refractivity (Wildman–Crippen MR) is 139 cm³/mol. The van der Waals surface area contributed by atoms with Gasteiger partial charge in [-0.05, 0) is 61.7 Å². The summed E-state index contributed by atoms with van der Waals surface area (Å²) in [6, 6.07) is 17.0.